The first kappa shape index (κ1) is 42.8. The molecule has 0 atom stereocenters. The van der Waals surface area contributed by atoms with E-state index in [9.17, 15) is 0 Å². The van der Waals surface area contributed by atoms with E-state index in [1.807, 2.05) is 0 Å². The third-order valence-corrected chi connectivity index (χ3v) is 0. The Balaban J connectivity index is -0.0000000159. The molecule has 0 aromatic heterocycles. The van der Waals surface area contributed by atoms with Gasteiger partial charge in [0.15, 0.2) is 0 Å². The Hall–Kier alpha value is 1.93. The first-order valence-electron chi connectivity index (χ1n) is 2.00. The summed E-state index contributed by atoms with van der Waals surface area (Å²) in [6.45, 7) is 0. The molecule has 0 aliphatic carbocycles. The van der Waals surface area contributed by atoms with Crippen LogP contribution in [0.2, 0.25) is 0 Å². The van der Waals surface area contributed by atoms with Gasteiger partial charge < -0.3 is 20.4 Å². The van der Waals surface area contributed by atoms with Gasteiger partial charge >= 0.3 is 111 Å². The number of carbonyl (C=O) groups is 2. The Morgan fingerprint density at radius 2 is 0.706 bits per heavy atom. The molecule has 0 aromatic rings. The molecule has 0 saturated carbocycles. The summed E-state index contributed by atoms with van der Waals surface area (Å²) >= 11 is 0. The van der Waals surface area contributed by atoms with E-state index in [-0.39, 0.29) is 106 Å². The number of hydrogen-bond acceptors (Lipinski definition) is 4. The van der Waals surface area contributed by atoms with Gasteiger partial charge in [0.25, 0.3) is 0 Å². The zero-order chi connectivity index (χ0) is 11.7. The van der Waals surface area contributed by atoms with Crippen LogP contribution >= 0.6 is 0 Å². The van der Waals surface area contributed by atoms with Crippen molar-refractivity contribution in [3.63, 3.8) is 0 Å². The molecule has 97 valence electrons. The molecule has 0 saturated heterocycles. The molecule has 0 heterocycles. The monoisotopic (exact) mass is 357 g/mol. The Morgan fingerprint density at radius 1 is 0.706 bits per heavy atom. The zero-order valence-corrected chi connectivity index (χ0v) is 7.78. The molecule has 0 aromatic carbocycles. The molecule has 1 radical (unpaired) electrons. The summed E-state index contributed by atoms with van der Waals surface area (Å²) in [7, 11) is -4.67. The maximum absolute atomic E-state index is 8.74. The predicted molar refractivity (Wildman–Crippen MR) is 56.9 cm³/mol. The Labute approximate surface area is 173 Å². The molecule has 0 spiro atoms. The fraction of sp³-hybridized carbons (Fsp3) is 0. The Morgan fingerprint density at radius 3 is 0.706 bits per heavy atom. The molecule has 0 bridgehead atoms. The minimum atomic E-state index is -4.67. The fourth-order valence-corrected chi connectivity index (χ4v) is 0. The number of hydrogen-bond donors (Lipinski definition) is 6. The Kier molecular flexibility index (Phi) is 66.6. The molecule has 6 N–H and O–H groups in total. The van der Waals surface area contributed by atoms with Gasteiger partial charge in [0.1, 0.15) is 0 Å². The van der Waals surface area contributed by atoms with Gasteiger partial charge in [-0.05, 0) is 0 Å². The summed E-state index contributed by atoms with van der Waals surface area (Å²) in [4.78, 5) is 17.1. The molecular weight excluding hydrogens is 349 g/mol. The first-order valence-corrected chi connectivity index (χ1v) is 3.40. The minimum absolute atomic E-state index is 0. The average molecular weight is 358 g/mol. The average Bonchev–Trinajstić information content (AvgIpc) is 1.50. The van der Waals surface area contributed by atoms with Gasteiger partial charge in [-0.2, -0.15) is 8.42 Å². The van der Waals surface area contributed by atoms with Gasteiger partial charge in [0, 0.05) is 17.1 Å². The second-order valence-electron chi connectivity index (χ2n) is 1.01. The standard InChI is InChI=1S/2CH2O3.Cu.3Na.H2O4S.3H/c2*2-1(3)4;;;;;1-5(2,3)4;;;/h2*(H2,2,3,4);;;;;(H2,1,2,3,4);;;. The second-order valence-corrected chi connectivity index (χ2v) is 1.91. The summed E-state index contributed by atoms with van der Waals surface area (Å²) in [5, 5.41) is 27.9. The summed E-state index contributed by atoms with van der Waals surface area (Å²) in [5.41, 5.74) is 0. The predicted octanol–water partition coefficient (Wildman–Crippen LogP) is -2.16. The van der Waals surface area contributed by atoms with Crippen LogP contribution in [-0.2, 0) is 27.5 Å². The summed E-state index contributed by atoms with van der Waals surface area (Å²) in [6, 6.07) is 0. The quantitative estimate of drug-likeness (QED) is 0.206. The van der Waals surface area contributed by atoms with Gasteiger partial charge in [-0.3, -0.25) is 9.11 Å². The second kappa shape index (κ2) is 26.5. The van der Waals surface area contributed by atoms with Crippen LogP contribution in [0.3, 0.4) is 0 Å². The molecule has 10 nitrogen and oxygen atoms in total. The third-order valence-electron chi connectivity index (χ3n) is 0. The van der Waals surface area contributed by atoms with Crippen LogP contribution in [0.4, 0.5) is 9.59 Å². The molecular formula is C2H9CuNa3O10S. The van der Waals surface area contributed by atoms with Crippen molar-refractivity contribution in [1.29, 1.82) is 0 Å². The summed E-state index contributed by atoms with van der Waals surface area (Å²) in [5.74, 6) is 0. The van der Waals surface area contributed by atoms with Gasteiger partial charge in [0.05, 0.1) is 0 Å². The molecule has 0 unspecified atom stereocenters. The fourth-order valence-electron chi connectivity index (χ4n) is 0. The zero-order valence-electron chi connectivity index (χ0n) is 6.03. The first-order chi connectivity index (χ1) is 5.46. The van der Waals surface area contributed by atoms with Gasteiger partial charge in [0.2, 0.25) is 0 Å². The summed E-state index contributed by atoms with van der Waals surface area (Å²) < 4.78 is 31.6. The SMILES string of the molecule is O=C(O)O.O=C(O)O.O=S(=O)(O)O.[Cu].[NaH].[NaH].[NaH]. The third kappa shape index (κ3) is 1220. The molecule has 0 rings (SSSR count). The van der Waals surface area contributed by atoms with Gasteiger partial charge in [-0.15, -0.1) is 0 Å². The normalized spacial score (nSPS) is 6.24. The van der Waals surface area contributed by atoms with Crippen molar-refractivity contribution in [3.05, 3.63) is 0 Å². The van der Waals surface area contributed by atoms with E-state index in [1.54, 1.807) is 0 Å². The van der Waals surface area contributed by atoms with E-state index in [2.05, 4.69) is 0 Å². The van der Waals surface area contributed by atoms with E-state index in [4.69, 9.17) is 47.5 Å². The van der Waals surface area contributed by atoms with Crippen LogP contribution in [0.5, 0.6) is 0 Å². The topological polar surface area (TPSA) is 190 Å². The van der Waals surface area contributed by atoms with Crippen molar-refractivity contribution < 1.29 is 64.6 Å². The van der Waals surface area contributed by atoms with E-state index >= 15 is 0 Å². The van der Waals surface area contributed by atoms with Crippen molar-refractivity contribution in [2.45, 2.75) is 0 Å². The van der Waals surface area contributed by atoms with Crippen molar-refractivity contribution in [2.75, 3.05) is 0 Å². The maximum atomic E-state index is 8.74. The van der Waals surface area contributed by atoms with E-state index in [1.165, 1.54) is 0 Å². The molecule has 0 aliphatic heterocycles. The van der Waals surface area contributed by atoms with Crippen molar-refractivity contribution >= 4 is 111 Å². The van der Waals surface area contributed by atoms with Crippen LogP contribution in [0.15, 0.2) is 0 Å². The molecule has 17 heavy (non-hydrogen) atoms. The molecule has 15 heteroatoms. The van der Waals surface area contributed by atoms with Crippen LogP contribution in [0.25, 0.3) is 0 Å². The van der Waals surface area contributed by atoms with Crippen molar-refractivity contribution in [1.82, 2.24) is 0 Å². The van der Waals surface area contributed by atoms with Crippen molar-refractivity contribution in [2.24, 2.45) is 0 Å². The molecule has 0 fully saturated rings. The van der Waals surface area contributed by atoms with E-state index in [0.29, 0.717) is 0 Å². The van der Waals surface area contributed by atoms with Gasteiger partial charge in [-0.25, -0.2) is 9.59 Å². The number of rotatable bonds is 0. The van der Waals surface area contributed by atoms with Crippen molar-refractivity contribution in [3.8, 4) is 0 Å². The molecule has 0 amide bonds. The Bertz CT molecular complexity index is 224. The van der Waals surface area contributed by atoms with Crippen LogP contribution < -0.4 is 0 Å². The van der Waals surface area contributed by atoms with Gasteiger partial charge in [-0.1, -0.05) is 0 Å². The van der Waals surface area contributed by atoms with Crippen LogP contribution in [0.1, 0.15) is 0 Å². The van der Waals surface area contributed by atoms with Crippen LogP contribution in [-0.4, -0.2) is 139 Å². The number of carboxylic acid groups (broad SMARTS) is 4. The molecule has 0 aliphatic rings. The van der Waals surface area contributed by atoms with E-state index in [0.717, 1.165) is 0 Å². The summed E-state index contributed by atoms with van der Waals surface area (Å²) in [6.07, 6.45) is -3.67. The van der Waals surface area contributed by atoms with E-state index < -0.39 is 22.7 Å². The van der Waals surface area contributed by atoms with Crippen LogP contribution in [0, 0.1) is 0 Å².